The van der Waals surface area contributed by atoms with Gasteiger partial charge in [0.2, 0.25) is 0 Å². The van der Waals surface area contributed by atoms with Crippen LogP contribution >= 0.6 is 0 Å². The number of aromatic hydroxyl groups is 1. The van der Waals surface area contributed by atoms with Crippen LogP contribution in [0.2, 0.25) is 0 Å². The Morgan fingerprint density at radius 2 is 2.00 bits per heavy atom. The zero-order valence-corrected chi connectivity index (χ0v) is 13.8. The molecule has 0 aliphatic carbocycles. The number of nitrogens with one attached hydrogen (secondary N) is 2. The lowest BCUT2D eigenvalue weighted by atomic mass is 9.86. The maximum absolute atomic E-state index is 13.2. The van der Waals surface area contributed by atoms with Crippen LogP contribution in [-0.4, -0.2) is 35.1 Å². The lowest BCUT2D eigenvalue weighted by Crippen LogP contribution is -2.50. The summed E-state index contributed by atoms with van der Waals surface area (Å²) in [4.78, 5) is 22.5. The smallest absolute Gasteiger partial charge is 0.310 e. The molecule has 1 saturated heterocycles. The van der Waals surface area contributed by atoms with E-state index in [0.29, 0.717) is 6.54 Å². The van der Waals surface area contributed by atoms with E-state index in [-0.39, 0.29) is 23.3 Å². The monoisotopic (exact) mass is 359 g/mol. The number of phenols is 1. The molecule has 136 valence electrons. The van der Waals surface area contributed by atoms with Crippen LogP contribution in [0.5, 0.6) is 5.75 Å². The molecule has 7 nitrogen and oxygen atoms in total. The van der Waals surface area contributed by atoms with Gasteiger partial charge in [-0.1, -0.05) is 12.1 Å². The molecule has 1 fully saturated rings. The molecule has 0 radical (unpaired) electrons. The molecule has 0 spiro atoms. The molecule has 1 heterocycles. The first-order valence-corrected chi connectivity index (χ1v) is 8.20. The number of amides is 1. The van der Waals surface area contributed by atoms with Gasteiger partial charge in [0.15, 0.2) is 5.75 Å². The van der Waals surface area contributed by atoms with Gasteiger partial charge in [-0.25, -0.2) is 4.39 Å². The number of phenolic OH excluding ortho intramolecular Hbond substituents is 1. The fraction of sp³-hybridized carbons (Fsp3) is 0.278. The van der Waals surface area contributed by atoms with Crippen molar-refractivity contribution in [2.45, 2.75) is 18.4 Å². The number of benzene rings is 2. The minimum Gasteiger partial charge on any atom is -0.502 e. The predicted molar refractivity (Wildman–Crippen MR) is 92.6 cm³/mol. The molecule has 3 N–H and O–H groups in total. The molecule has 8 heteroatoms. The Balaban J connectivity index is 1.77. The Morgan fingerprint density at radius 1 is 1.27 bits per heavy atom. The van der Waals surface area contributed by atoms with Crippen molar-refractivity contribution in [1.82, 2.24) is 10.6 Å². The fourth-order valence-electron chi connectivity index (χ4n) is 3.19. The molecule has 1 aliphatic heterocycles. The van der Waals surface area contributed by atoms with E-state index in [4.69, 9.17) is 0 Å². The largest absolute Gasteiger partial charge is 0.502 e. The quantitative estimate of drug-likeness (QED) is 0.574. The number of hydrogen-bond acceptors (Lipinski definition) is 5. The summed E-state index contributed by atoms with van der Waals surface area (Å²) in [7, 11) is 0. The highest BCUT2D eigenvalue weighted by Gasteiger charge is 2.28. The number of hydrogen-bond donors (Lipinski definition) is 3. The first kappa shape index (κ1) is 17.8. The van der Waals surface area contributed by atoms with Crippen LogP contribution < -0.4 is 10.6 Å². The molecule has 2 unspecified atom stereocenters. The summed E-state index contributed by atoms with van der Waals surface area (Å²) in [5, 5.41) is 26.6. The van der Waals surface area contributed by atoms with E-state index in [1.54, 1.807) is 12.1 Å². The zero-order valence-electron chi connectivity index (χ0n) is 13.8. The number of nitro benzene ring substituents is 1. The highest BCUT2D eigenvalue weighted by molar-refractivity contribution is 5.95. The van der Waals surface area contributed by atoms with Gasteiger partial charge in [0.05, 0.1) is 4.92 Å². The first-order chi connectivity index (χ1) is 12.5. The number of carbonyl (C=O) groups excluding carboxylic acids is 1. The van der Waals surface area contributed by atoms with E-state index in [1.807, 2.05) is 0 Å². The second-order valence-corrected chi connectivity index (χ2v) is 6.19. The zero-order chi connectivity index (χ0) is 18.7. The van der Waals surface area contributed by atoms with Gasteiger partial charge in [-0.2, -0.15) is 0 Å². The van der Waals surface area contributed by atoms with Crippen molar-refractivity contribution in [2.75, 3.05) is 13.1 Å². The highest BCUT2D eigenvalue weighted by Crippen LogP contribution is 2.28. The van der Waals surface area contributed by atoms with Crippen molar-refractivity contribution in [2.24, 2.45) is 0 Å². The van der Waals surface area contributed by atoms with Crippen LogP contribution in [0.3, 0.4) is 0 Å². The van der Waals surface area contributed by atoms with Gasteiger partial charge >= 0.3 is 5.69 Å². The van der Waals surface area contributed by atoms with Gasteiger partial charge < -0.3 is 15.7 Å². The molecule has 2 aromatic carbocycles. The number of rotatable bonds is 4. The second kappa shape index (κ2) is 7.49. The summed E-state index contributed by atoms with van der Waals surface area (Å²) in [6.07, 6.45) is 0.780. The van der Waals surface area contributed by atoms with E-state index in [0.717, 1.165) is 30.7 Å². The average molecular weight is 359 g/mol. The molecule has 1 aliphatic rings. The third-order valence-corrected chi connectivity index (χ3v) is 4.53. The maximum atomic E-state index is 13.2. The molecule has 3 rings (SSSR count). The lowest BCUT2D eigenvalue weighted by molar-refractivity contribution is -0.385. The Kier molecular flexibility index (Phi) is 5.13. The van der Waals surface area contributed by atoms with Crippen molar-refractivity contribution in [3.8, 4) is 5.75 Å². The molecule has 0 aromatic heterocycles. The van der Waals surface area contributed by atoms with Crippen LogP contribution in [0.4, 0.5) is 10.1 Å². The third-order valence-electron chi connectivity index (χ3n) is 4.53. The summed E-state index contributed by atoms with van der Waals surface area (Å²) in [6, 6.07) is 9.46. The van der Waals surface area contributed by atoms with Crippen molar-refractivity contribution >= 4 is 11.6 Å². The molecular formula is C18H18FN3O4. The molecule has 2 atom stereocenters. The molecule has 26 heavy (non-hydrogen) atoms. The van der Waals surface area contributed by atoms with E-state index >= 15 is 0 Å². The van der Waals surface area contributed by atoms with E-state index in [9.17, 15) is 24.4 Å². The molecule has 1 amide bonds. The molecule has 2 aromatic rings. The van der Waals surface area contributed by atoms with Crippen LogP contribution in [0, 0.1) is 15.9 Å². The lowest BCUT2D eigenvalue weighted by Gasteiger charge is -2.33. The third kappa shape index (κ3) is 3.80. The van der Waals surface area contributed by atoms with Crippen molar-refractivity contribution in [3.63, 3.8) is 0 Å². The van der Waals surface area contributed by atoms with Crippen molar-refractivity contribution in [3.05, 3.63) is 69.5 Å². The van der Waals surface area contributed by atoms with Crippen molar-refractivity contribution < 1.29 is 19.2 Å². The minimum atomic E-state index is -0.716. The number of halogens is 1. The van der Waals surface area contributed by atoms with E-state index in [1.165, 1.54) is 18.2 Å². The second-order valence-electron chi connectivity index (χ2n) is 6.19. The Morgan fingerprint density at radius 3 is 2.65 bits per heavy atom. The number of nitro groups is 1. The Labute approximate surface area is 149 Å². The van der Waals surface area contributed by atoms with Gasteiger partial charge in [-0.3, -0.25) is 14.9 Å². The summed E-state index contributed by atoms with van der Waals surface area (Å²) in [5.74, 6) is -1.28. The molecular weight excluding hydrogens is 341 g/mol. The molecule has 0 bridgehead atoms. The Bertz CT molecular complexity index is 826. The van der Waals surface area contributed by atoms with Crippen LogP contribution in [0.1, 0.15) is 28.3 Å². The summed E-state index contributed by atoms with van der Waals surface area (Å²) >= 11 is 0. The predicted octanol–water partition coefficient (Wildman–Crippen LogP) is 2.32. The highest BCUT2D eigenvalue weighted by atomic mass is 19.1. The number of carbonyl (C=O) groups is 1. The van der Waals surface area contributed by atoms with Crippen LogP contribution in [0.15, 0.2) is 42.5 Å². The SMILES string of the molecule is O=C(NC1CNCCC1c1ccc(F)cc1)c1ccc([N+](=O)[O-])c(O)c1. The van der Waals surface area contributed by atoms with E-state index in [2.05, 4.69) is 10.6 Å². The molecule has 0 saturated carbocycles. The standard InChI is InChI=1S/C18H18FN3O4/c19-13-4-1-11(2-5-13)14-7-8-20-10-15(14)21-18(24)12-3-6-16(22(25)26)17(23)9-12/h1-6,9,14-15,20,23H,7-8,10H2,(H,21,24). The van der Waals surface area contributed by atoms with E-state index < -0.39 is 22.3 Å². The summed E-state index contributed by atoms with van der Waals surface area (Å²) < 4.78 is 13.2. The van der Waals surface area contributed by atoms with Gasteiger partial charge in [0, 0.05) is 30.1 Å². The summed E-state index contributed by atoms with van der Waals surface area (Å²) in [6.45, 7) is 1.33. The number of piperidine rings is 1. The van der Waals surface area contributed by atoms with Crippen LogP contribution in [-0.2, 0) is 0 Å². The van der Waals surface area contributed by atoms with Gasteiger partial charge in [-0.15, -0.1) is 0 Å². The van der Waals surface area contributed by atoms with Gasteiger partial charge in [0.1, 0.15) is 5.82 Å². The Hall–Kier alpha value is -3.00. The van der Waals surface area contributed by atoms with Crippen LogP contribution in [0.25, 0.3) is 0 Å². The first-order valence-electron chi connectivity index (χ1n) is 8.20. The number of nitrogens with zero attached hydrogens (tertiary/aromatic N) is 1. The maximum Gasteiger partial charge on any atom is 0.310 e. The normalized spacial score (nSPS) is 19.7. The summed E-state index contributed by atoms with van der Waals surface area (Å²) in [5.41, 5.74) is 0.617. The fourth-order valence-corrected chi connectivity index (χ4v) is 3.19. The average Bonchev–Trinajstić information content (AvgIpc) is 2.62. The minimum absolute atomic E-state index is 0.0208. The van der Waals surface area contributed by atoms with Gasteiger partial charge in [0.25, 0.3) is 5.91 Å². The van der Waals surface area contributed by atoms with Crippen molar-refractivity contribution in [1.29, 1.82) is 0 Å². The topological polar surface area (TPSA) is 104 Å². The van der Waals surface area contributed by atoms with Gasteiger partial charge in [-0.05, 0) is 42.8 Å².